The summed E-state index contributed by atoms with van der Waals surface area (Å²) in [5, 5.41) is 10.3. The van der Waals surface area contributed by atoms with Crippen LogP contribution >= 0.6 is 0 Å². The Morgan fingerprint density at radius 2 is 2.06 bits per heavy atom. The van der Waals surface area contributed by atoms with Crippen LogP contribution in [0.4, 0.5) is 0 Å². The van der Waals surface area contributed by atoms with Crippen molar-refractivity contribution in [3.63, 3.8) is 0 Å². The smallest absolute Gasteiger partial charge is 1.00 e. The summed E-state index contributed by atoms with van der Waals surface area (Å²) >= 11 is 0. The molecule has 0 spiro atoms. The van der Waals surface area contributed by atoms with Crippen molar-refractivity contribution in [3.05, 3.63) is 39.6 Å². The molecule has 1 aliphatic rings. The summed E-state index contributed by atoms with van der Waals surface area (Å²) in [6.07, 6.45) is 3.21. The number of nitro groups is 1. The van der Waals surface area contributed by atoms with Gasteiger partial charge in [0.05, 0.1) is 4.92 Å². The predicted molar refractivity (Wildman–Crippen MR) is 43.6 cm³/mol. The molecular formula is C7H7Cl2N3O3Zn. The van der Waals surface area contributed by atoms with Gasteiger partial charge in [-0.15, -0.1) is 0 Å². The van der Waals surface area contributed by atoms with Gasteiger partial charge in [-0.05, 0) is 0 Å². The zero-order valence-corrected chi connectivity index (χ0v) is 12.8. The van der Waals surface area contributed by atoms with Crippen molar-refractivity contribution in [2.24, 2.45) is 0 Å². The van der Waals surface area contributed by atoms with Crippen molar-refractivity contribution in [2.75, 3.05) is 7.11 Å². The molecule has 0 bridgehead atoms. The summed E-state index contributed by atoms with van der Waals surface area (Å²) < 4.78 is 4.85. The third-order valence-corrected chi connectivity index (χ3v) is 1.62. The van der Waals surface area contributed by atoms with E-state index >= 15 is 0 Å². The largest absolute Gasteiger partial charge is 2.00 e. The van der Waals surface area contributed by atoms with Gasteiger partial charge in [-0.25, -0.2) is 0 Å². The molecule has 0 aromatic rings. The maximum Gasteiger partial charge on any atom is 2.00 e. The minimum atomic E-state index is -0.657. The second-order valence-electron chi connectivity index (χ2n) is 2.36. The Labute approximate surface area is 117 Å². The van der Waals surface area contributed by atoms with Gasteiger partial charge in [0, 0.05) is 25.3 Å². The van der Waals surface area contributed by atoms with Crippen LogP contribution in [0.15, 0.2) is 23.9 Å². The molecule has 0 aromatic carbocycles. The van der Waals surface area contributed by atoms with Crippen molar-refractivity contribution in [3.8, 4) is 0 Å². The van der Waals surface area contributed by atoms with Crippen molar-refractivity contribution in [2.45, 2.75) is 6.10 Å². The van der Waals surface area contributed by atoms with Crippen LogP contribution in [-0.2, 0) is 24.2 Å². The summed E-state index contributed by atoms with van der Waals surface area (Å²) in [4.78, 5) is 12.7. The number of ether oxygens (including phenoxy) is 1. The molecule has 0 aliphatic heterocycles. The Balaban J connectivity index is -0.000000563. The molecule has 1 rings (SSSR count). The SMILES string of the molecule is COC1C=C([N+](=O)[O-])C=CC1=[N+]=[N-].[Cl-].[Cl-].[Zn+2]. The number of nitrogens with zero attached hydrogens (tertiary/aromatic N) is 3. The van der Waals surface area contributed by atoms with Crippen LogP contribution < -0.4 is 24.8 Å². The monoisotopic (exact) mass is 315 g/mol. The fourth-order valence-corrected chi connectivity index (χ4v) is 0.962. The first-order chi connectivity index (χ1) is 6.19. The average Bonchev–Trinajstić information content (AvgIpc) is 2.16. The summed E-state index contributed by atoms with van der Waals surface area (Å²) in [5.41, 5.74) is 8.65. The Morgan fingerprint density at radius 3 is 2.44 bits per heavy atom. The van der Waals surface area contributed by atoms with Gasteiger partial charge in [-0.2, -0.15) is 4.79 Å². The zero-order valence-electron chi connectivity index (χ0n) is 8.34. The van der Waals surface area contributed by atoms with Gasteiger partial charge in [0.15, 0.2) is 6.10 Å². The minimum Gasteiger partial charge on any atom is -1.00 e. The summed E-state index contributed by atoms with van der Waals surface area (Å²) in [7, 11) is 1.38. The molecule has 6 nitrogen and oxygen atoms in total. The van der Waals surface area contributed by atoms with Crippen LogP contribution in [0.3, 0.4) is 0 Å². The Bertz CT molecular complexity index is 353. The van der Waals surface area contributed by atoms with Crippen molar-refractivity contribution in [1.82, 2.24) is 0 Å². The Morgan fingerprint density at radius 1 is 1.50 bits per heavy atom. The fourth-order valence-electron chi connectivity index (χ4n) is 0.962. The standard InChI is InChI=1S/C7H7N3O3.2ClH.Zn/c1-13-7-4-5(10(11)12)2-3-6(7)9-8;;;/h2-4,7H,1H3;2*1H;/q;;;+2/p-2. The van der Waals surface area contributed by atoms with E-state index in [1.807, 2.05) is 0 Å². The van der Waals surface area contributed by atoms with E-state index < -0.39 is 11.0 Å². The number of hydrogen-bond acceptors (Lipinski definition) is 3. The molecule has 0 saturated carbocycles. The third-order valence-electron chi connectivity index (χ3n) is 1.62. The Kier molecular flexibility index (Phi) is 12.5. The van der Waals surface area contributed by atoms with E-state index in [2.05, 4.69) is 4.79 Å². The number of rotatable bonds is 2. The van der Waals surface area contributed by atoms with E-state index in [0.717, 1.165) is 0 Å². The van der Waals surface area contributed by atoms with E-state index in [4.69, 9.17) is 10.3 Å². The molecule has 0 N–H and O–H groups in total. The van der Waals surface area contributed by atoms with Gasteiger partial charge in [0.25, 0.3) is 5.70 Å². The molecule has 1 atom stereocenters. The first-order valence-electron chi connectivity index (χ1n) is 3.48. The van der Waals surface area contributed by atoms with E-state index in [1.54, 1.807) is 0 Å². The number of methoxy groups -OCH3 is 1. The number of halogens is 2. The first kappa shape index (κ1) is 20.8. The molecule has 0 saturated heterocycles. The predicted octanol–water partition coefficient (Wildman–Crippen LogP) is -5.59. The minimum absolute atomic E-state index is 0. The van der Waals surface area contributed by atoms with E-state index in [0.29, 0.717) is 0 Å². The van der Waals surface area contributed by atoms with Crippen molar-refractivity contribution in [1.29, 1.82) is 0 Å². The molecule has 84 valence electrons. The molecule has 16 heavy (non-hydrogen) atoms. The quantitative estimate of drug-likeness (QED) is 0.167. The molecular weight excluding hydrogens is 310 g/mol. The summed E-state index contributed by atoms with van der Waals surface area (Å²) in [6, 6.07) is 0. The van der Waals surface area contributed by atoms with Gasteiger partial charge in [0.1, 0.15) is 0 Å². The summed E-state index contributed by atoms with van der Waals surface area (Å²) in [6.45, 7) is 0. The molecule has 0 amide bonds. The third kappa shape index (κ3) is 4.97. The van der Waals surface area contributed by atoms with Gasteiger partial charge < -0.3 is 35.1 Å². The molecule has 0 aromatic heterocycles. The van der Waals surface area contributed by atoms with Crippen LogP contribution in [0.2, 0.25) is 0 Å². The van der Waals surface area contributed by atoms with Crippen molar-refractivity contribution >= 4 is 5.71 Å². The van der Waals surface area contributed by atoms with Crippen LogP contribution in [0, 0.1) is 10.1 Å². The zero-order chi connectivity index (χ0) is 9.84. The van der Waals surface area contributed by atoms with Crippen LogP contribution in [0.1, 0.15) is 0 Å². The molecule has 0 fully saturated rings. The maximum atomic E-state index is 10.3. The van der Waals surface area contributed by atoms with E-state index in [9.17, 15) is 10.1 Å². The van der Waals surface area contributed by atoms with E-state index in [-0.39, 0.29) is 55.7 Å². The molecule has 9 heteroatoms. The van der Waals surface area contributed by atoms with Crippen molar-refractivity contribution < 1.29 is 58.7 Å². The summed E-state index contributed by atoms with van der Waals surface area (Å²) in [5.74, 6) is 0. The molecule has 1 unspecified atom stereocenters. The molecule has 0 radical (unpaired) electrons. The van der Waals surface area contributed by atoms with Gasteiger partial charge in [-0.1, -0.05) is 0 Å². The second-order valence-corrected chi connectivity index (χ2v) is 2.36. The van der Waals surface area contributed by atoms with Gasteiger partial charge >= 0.3 is 25.2 Å². The molecule has 1 aliphatic carbocycles. The maximum absolute atomic E-state index is 10.3. The van der Waals surface area contributed by atoms with Crippen LogP contribution in [-0.4, -0.2) is 28.6 Å². The van der Waals surface area contributed by atoms with Crippen LogP contribution in [0.25, 0.3) is 5.53 Å². The van der Waals surface area contributed by atoms with Gasteiger partial charge in [-0.3, -0.25) is 10.1 Å². The number of allylic oxidation sites excluding steroid dienone is 1. The topological polar surface area (TPSA) is 88.8 Å². The first-order valence-corrected chi connectivity index (χ1v) is 3.48. The van der Waals surface area contributed by atoms with E-state index in [1.165, 1.54) is 25.3 Å². The fraction of sp³-hybridized carbons (Fsp3) is 0.286. The Hall–Kier alpha value is -0.577. The second kappa shape index (κ2) is 9.64. The normalized spacial score (nSPS) is 16.9. The molecule has 0 heterocycles. The van der Waals surface area contributed by atoms with Gasteiger partial charge in [0.2, 0.25) is 0 Å². The number of hydrogen-bond donors (Lipinski definition) is 0. The average molecular weight is 317 g/mol. The van der Waals surface area contributed by atoms with Crippen LogP contribution in [0.5, 0.6) is 0 Å².